The van der Waals surface area contributed by atoms with Gasteiger partial charge in [0.1, 0.15) is 0 Å². The topological polar surface area (TPSA) is 40.5 Å². The lowest BCUT2D eigenvalue weighted by molar-refractivity contribution is 0.193. The Morgan fingerprint density at radius 3 is 2.33 bits per heavy atom. The van der Waals surface area contributed by atoms with E-state index in [1.165, 1.54) is 4.90 Å². The molecule has 0 fully saturated rings. The molecule has 100 valence electrons. The molecule has 0 aromatic heterocycles. The maximum Gasteiger partial charge on any atom is 0.412 e. The zero-order valence-electron chi connectivity index (χ0n) is 11.1. The quantitative estimate of drug-likeness (QED) is 0.839. The summed E-state index contributed by atoms with van der Waals surface area (Å²) in [6.45, 7) is 6.05. The Morgan fingerprint density at radius 2 is 1.89 bits per heavy atom. The predicted octanol–water partition coefficient (Wildman–Crippen LogP) is 4.90. The van der Waals surface area contributed by atoms with Crippen molar-refractivity contribution >= 4 is 27.7 Å². The summed E-state index contributed by atoms with van der Waals surface area (Å²) in [7, 11) is 0. The predicted molar refractivity (Wildman–Crippen MR) is 78.2 cm³/mol. The van der Waals surface area contributed by atoms with E-state index in [9.17, 15) is 9.90 Å². The van der Waals surface area contributed by atoms with Gasteiger partial charge in [0.15, 0.2) is 0 Å². The molecule has 0 spiro atoms. The molecule has 0 aliphatic rings. The third-order valence-electron chi connectivity index (χ3n) is 3.02. The zero-order valence-corrected chi connectivity index (χ0v) is 12.7. The molecule has 4 heteroatoms. The van der Waals surface area contributed by atoms with Crippen LogP contribution in [0.4, 0.5) is 10.5 Å². The first-order chi connectivity index (χ1) is 8.38. The van der Waals surface area contributed by atoms with Crippen molar-refractivity contribution in [1.29, 1.82) is 0 Å². The highest BCUT2D eigenvalue weighted by Crippen LogP contribution is 2.29. The van der Waals surface area contributed by atoms with Gasteiger partial charge in [0, 0.05) is 15.7 Å². The summed E-state index contributed by atoms with van der Waals surface area (Å²) in [5, 5.41) is 9.45. The van der Waals surface area contributed by atoms with Crippen molar-refractivity contribution < 1.29 is 9.90 Å². The number of rotatable bonds is 5. The van der Waals surface area contributed by atoms with Crippen LogP contribution in [-0.4, -0.2) is 16.7 Å². The minimum atomic E-state index is -0.904. The van der Waals surface area contributed by atoms with Gasteiger partial charge < -0.3 is 5.11 Å². The summed E-state index contributed by atoms with van der Waals surface area (Å²) in [4.78, 5) is 13.0. The van der Waals surface area contributed by atoms with Gasteiger partial charge in [0.05, 0.1) is 0 Å². The third-order valence-corrected chi connectivity index (χ3v) is 3.55. The van der Waals surface area contributed by atoms with Gasteiger partial charge in [-0.2, -0.15) is 0 Å². The molecule has 0 heterocycles. The van der Waals surface area contributed by atoms with Gasteiger partial charge in [-0.15, -0.1) is 0 Å². The third kappa shape index (κ3) is 3.73. The van der Waals surface area contributed by atoms with Crippen LogP contribution >= 0.6 is 15.9 Å². The molecule has 1 aromatic rings. The number of unbranched alkanes of at least 4 members (excludes halogenated alkanes) is 1. The van der Waals surface area contributed by atoms with E-state index in [1.54, 1.807) is 0 Å². The van der Waals surface area contributed by atoms with Crippen LogP contribution in [0.25, 0.3) is 0 Å². The summed E-state index contributed by atoms with van der Waals surface area (Å²) in [6, 6.07) is 7.38. The molecule has 18 heavy (non-hydrogen) atoms. The first kappa shape index (κ1) is 15.0. The lowest BCUT2D eigenvalue weighted by Crippen LogP contribution is -2.47. The second-order valence-corrected chi connectivity index (χ2v) is 5.93. The fourth-order valence-electron chi connectivity index (χ4n) is 2.03. The number of carbonyl (C=O) groups is 1. The Labute approximate surface area is 117 Å². The summed E-state index contributed by atoms with van der Waals surface area (Å²) in [5.41, 5.74) is 0.321. The first-order valence-electron chi connectivity index (χ1n) is 6.17. The van der Waals surface area contributed by atoms with Gasteiger partial charge in [-0.1, -0.05) is 35.7 Å². The number of benzene rings is 1. The second-order valence-electron chi connectivity index (χ2n) is 5.01. The number of halogens is 1. The molecular formula is C14H20BrNO2. The van der Waals surface area contributed by atoms with E-state index in [4.69, 9.17) is 0 Å². The van der Waals surface area contributed by atoms with E-state index in [-0.39, 0.29) is 0 Å². The van der Waals surface area contributed by atoms with E-state index in [0.717, 1.165) is 23.7 Å². The van der Waals surface area contributed by atoms with Crippen LogP contribution in [0, 0.1) is 0 Å². The molecule has 0 aliphatic heterocycles. The molecule has 0 aliphatic carbocycles. The van der Waals surface area contributed by atoms with E-state index in [1.807, 2.05) is 38.1 Å². The lowest BCUT2D eigenvalue weighted by Gasteiger charge is -2.36. The second kappa shape index (κ2) is 6.23. The molecule has 0 saturated heterocycles. The van der Waals surface area contributed by atoms with Crippen LogP contribution in [0.2, 0.25) is 0 Å². The highest BCUT2D eigenvalue weighted by molar-refractivity contribution is 9.10. The van der Waals surface area contributed by atoms with Gasteiger partial charge >= 0.3 is 6.09 Å². The summed E-state index contributed by atoms with van der Waals surface area (Å²) in [6.07, 6.45) is 2.04. The Balaban J connectivity index is 3.02. The van der Waals surface area contributed by atoms with E-state index >= 15 is 0 Å². The van der Waals surface area contributed by atoms with Gasteiger partial charge in [0.2, 0.25) is 0 Å². The van der Waals surface area contributed by atoms with Crippen LogP contribution < -0.4 is 4.90 Å². The highest BCUT2D eigenvalue weighted by Gasteiger charge is 2.31. The summed E-state index contributed by atoms with van der Waals surface area (Å²) in [5.74, 6) is 0. The average Bonchev–Trinajstić information content (AvgIpc) is 2.29. The SMILES string of the molecule is CCCCC(C)(C)N(C(=O)O)c1ccc(Br)cc1. The minimum Gasteiger partial charge on any atom is -0.465 e. The molecule has 0 saturated carbocycles. The monoisotopic (exact) mass is 313 g/mol. The number of carboxylic acid groups (broad SMARTS) is 1. The van der Waals surface area contributed by atoms with E-state index < -0.39 is 11.6 Å². The number of amides is 1. The number of hydrogen-bond donors (Lipinski definition) is 1. The van der Waals surface area contributed by atoms with Crippen molar-refractivity contribution in [3.05, 3.63) is 28.7 Å². The minimum absolute atomic E-state index is 0.393. The van der Waals surface area contributed by atoms with Crippen LogP contribution in [0.15, 0.2) is 28.7 Å². The van der Waals surface area contributed by atoms with Crippen LogP contribution in [0.1, 0.15) is 40.0 Å². The lowest BCUT2D eigenvalue weighted by atomic mass is 9.95. The number of hydrogen-bond acceptors (Lipinski definition) is 1. The largest absolute Gasteiger partial charge is 0.465 e. The van der Waals surface area contributed by atoms with Gasteiger partial charge in [-0.05, 0) is 44.5 Å². The highest BCUT2D eigenvalue weighted by atomic mass is 79.9. The fourth-order valence-corrected chi connectivity index (χ4v) is 2.29. The standard InChI is InChI=1S/C14H20BrNO2/c1-4-5-10-14(2,3)16(13(17)18)12-8-6-11(15)7-9-12/h6-9H,4-5,10H2,1-3H3,(H,17,18). The van der Waals surface area contributed by atoms with Gasteiger partial charge in [0.25, 0.3) is 0 Å². The number of anilines is 1. The molecular weight excluding hydrogens is 294 g/mol. The smallest absolute Gasteiger partial charge is 0.412 e. The average molecular weight is 314 g/mol. The number of nitrogens with zero attached hydrogens (tertiary/aromatic N) is 1. The molecule has 0 radical (unpaired) electrons. The Kier molecular flexibility index (Phi) is 5.20. The van der Waals surface area contributed by atoms with Crippen LogP contribution in [-0.2, 0) is 0 Å². The first-order valence-corrected chi connectivity index (χ1v) is 6.96. The van der Waals surface area contributed by atoms with Crippen molar-refractivity contribution in [2.45, 2.75) is 45.6 Å². The molecule has 0 atom stereocenters. The van der Waals surface area contributed by atoms with Crippen molar-refractivity contribution in [2.75, 3.05) is 4.90 Å². The summed E-state index contributed by atoms with van der Waals surface area (Å²) >= 11 is 3.36. The van der Waals surface area contributed by atoms with Crippen LogP contribution in [0.5, 0.6) is 0 Å². The van der Waals surface area contributed by atoms with Crippen LogP contribution in [0.3, 0.4) is 0 Å². The van der Waals surface area contributed by atoms with Gasteiger partial charge in [-0.25, -0.2) is 4.79 Å². The molecule has 3 nitrogen and oxygen atoms in total. The maximum absolute atomic E-state index is 11.5. The van der Waals surface area contributed by atoms with E-state index in [2.05, 4.69) is 22.9 Å². The van der Waals surface area contributed by atoms with Crippen molar-refractivity contribution in [3.8, 4) is 0 Å². The fraction of sp³-hybridized carbons (Fsp3) is 0.500. The zero-order chi connectivity index (χ0) is 13.8. The maximum atomic E-state index is 11.5. The molecule has 1 aromatic carbocycles. The Hall–Kier alpha value is -1.03. The Bertz CT molecular complexity index is 401. The van der Waals surface area contributed by atoms with Crippen molar-refractivity contribution in [3.63, 3.8) is 0 Å². The summed E-state index contributed by atoms with van der Waals surface area (Å²) < 4.78 is 0.947. The normalized spacial score (nSPS) is 11.3. The molecule has 1 amide bonds. The van der Waals surface area contributed by atoms with Gasteiger partial charge in [-0.3, -0.25) is 4.90 Å². The molecule has 1 rings (SSSR count). The molecule has 1 N–H and O–H groups in total. The van der Waals surface area contributed by atoms with Crippen molar-refractivity contribution in [2.24, 2.45) is 0 Å². The molecule has 0 bridgehead atoms. The van der Waals surface area contributed by atoms with E-state index in [0.29, 0.717) is 5.69 Å². The Morgan fingerprint density at radius 1 is 1.33 bits per heavy atom. The molecule has 0 unspecified atom stereocenters. The van der Waals surface area contributed by atoms with Crippen molar-refractivity contribution in [1.82, 2.24) is 0 Å².